The Hall–Kier alpha value is -1.36. The molecule has 0 aliphatic carbocycles. The van der Waals surface area contributed by atoms with Crippen molar-refractivity contribution in [3.05, 3.63) is 21.9 Å². The topological polar surface area (TPSA) is 57.6 Å². The SMILES string of the molecule is CCN(C=O)C(C(=O)O)c1sccc1C. The van der Waals surface area contributed by atoms with Crippen molar-refractivity contribution >= 4 is 23.7 Å². The number of carboxylic acids is 1. The summed E-state index contributed by atoms with van der Waals surface area (Å²) in [5, 5.41) is 10.9. The molecule has 0 saturated heterocycles. The molecule has 0 bridgehead atoms. The molecular weight excluding hydrogens is 214 g/mol. The monoisotopic (exact) mass is 227 g/mol. The Morgan fingerprint density at radius 2 is 2.40 bits per heavy atom. The molecule has 1 amide bonds. The van der Waals surface area contributed by atoms with Gasteiger partial charge in [0.2, 0.25) is 6.41 Å². The zero-order chi connectivity index (χ0) is 11.4. The highest BCUT2D eigenvalue weighted by atomic mass is 32.1. The minimum Gasteiger partial charge on any atom is -0.479 e. The Bertz CT molecular complexity index is 361. The number of aryl methyl sites for hydroxylation is 1. The number of carbonyl (C=O) groups is 2. The first kappa shape index (κ1) is 11.7. The van der Waals surface area contributed by atoms with E-state index in [0.717, 1.165) is 10.4 Å². The van der Waals surface area contributed by atoms with Gasteiger partial charge < -0.3 is 10.0 Å². The normalized spacial score (nSPS) is 12.1. The van der Waals surface area contributed by atoms with Crippen LogP contribution in [-0.4, -0.2) is 28.9 Å². The summed E-state index contributed by atoms with van der Waals surface area (Å²) in [6.07, 6.45) is 0.581. The van der Waals surface area contributed by atoms with Crippen molar-refractivity contribution in [1.82, 2.24) is 4.90 Å². The van der Waals surface area contributed by atoms with Crippen LogP contribution in [0.15, 0.2) is 11.4 Å². The molecule has 1 rings (SSSR count). The summed E-state index contributed by atoms with van der Waals surface area (Å²) in [6, 6.07) is 1.00. The van der Waals surface area contributed by atoms with Crippen LogP contribution in [-0.2, 0) is 9.59 Å². The van der Waals surface area contributed by atoms with E-state index in [9.17, 15) is 9.59 Å². The van der Waals surface area contributed by atoms with Crippen LogP contribution in [0.4, 0.5) is 0 Å². The van der Waals surface area contributed by atoms with E-state index in [4.69, 9.17) is 5.11 Å². The van der Waals surface area contributed by atoms with Crippen LogP contribution < -0.4 is 0 Å². The number of nitrogens with zero attached hydrogens (tertiary/aromatic N) is 1. The first-order valence-electron chi connectivity index (χ1n) is 4.59. The van der Waals surface area contributed by atoms with Crippen LogP contribution in [0.1, 0.15) is 23.4 Å². The zero-order valence-corrected chi connectivity index (χ0v) is 9.45. The molecule has 1 N–H and O–H groups in total. The molecule has 4 nitrogen and oxygen atoms in total. The first-order chi connectivity index (χ1) is 7.11. The highest BCUT2D eigenvalue weighted by Gasteiger charge is 2.27. The third kappa shape index (κ3) is 2.36. The molecule has 0 radical (unpaired) electrons. The molecule has 1 aromatic heterocycles. The molecule has 0 fully saturated rings. The van der Waals surface area contributed by atoms with Crippen molar-refractivity contribution < 1.29 is 14.7 Å². The number of hydrogen-bond donors (Lipinski definition) is 1. The number of likely N-dealkylation sites (N-methyl/N-ethyl adjacent to an activating group) is 1. The average Bonchev–Trinajstić information content (AvgIpc) is 2.60. The van der Waals surface area contributed by atoms with E-state index in [-0.39, 0.29) is 0 Å². The smallest absolute Gasteiger partial charge is 0.331 e. The van der Waals surface area contributed by atoms with E-state index in [1.54, 1.807) is 6.92 Å². The van der Waals surface area contributed by atoms with Gasteiger partial charge in [-0.1, -0.05) is 0 Å². The number of amides is 1. The van der Waals surface area contributed by atoms with Crippen molar-refractivity contribution in [3.8, 4) is 0 Å². The second kappa shape index (κ2) is 4.93. The quantitative estimate of drug-likeness (QED) is 0.778. The summed E-state index contributed by atoms with van der Waals surface area (Å²) < 4.78 is 0. The first-order valence-corrected chi connectivity index (χ1v) is 5.47. The zero-order valence-electron chi connectivity index (χ0n) is 8.64. The van der Waals surface area contributed by atoms with Crippen LogP contribution >= 0.6 is 11.3 Å². The van der Waals surface area contributed by atoms with Gasteiger partial charge in [-0.15, -0.1) is 11.3 Å². The summed E-state index contributed by atoms with van der Waals surface area (Å²) in [7, 11) is 0. The van der Waals surface area contributed by atoms with Crippen molar-refractivity contribution in [3.63, 3.8) is 0 Å². The molecule has 1 aromatic rings. The van der Waals surface area contributed by atoms with Crippen LogP contribution in [0.2, 0.25) is 0 Å². The maximum Gasteiger partial charge on any atom is 0.331 e. The number of hydrogen-bond acceptors (Lipinski definition) is 3. The summed E-state index contributed by atoms with van der Waals surface area (Å²) in [5.74, 6) is -0.991. The lowest BCUT2D eigenvalue weighted by atomic mass is 10.1. The third-order valence-electron chi connectivity index (χ3n) is 2.22. The Morgan fingerprint density at radius 3 is 2.73 bits per heavy atom. The molecule has 15 heavy (non-hydrogen) atoms. The Kier molecular flexibility index (Phi) is 3.85. The van der Waals surface area contributed by atoms with Gasteiger partial charge in [0.1, 0.15) is 0 Å². The molecule has 1 unspecified atom stereocenters. The number of rotatable bonds is 5. The predicted molar refractivity (Wildman–Crippen MR) is 57.9 cm³/mol. The maximum atomic E-state index is 11.1. The Labute approximate surface area is 92.1 Å². The summed E-state index contributed by atoms with van der Waals surface area (Å²) >= 11 is 1.36. The van der Waals surface area contributed by atoms with Gasteiger partial charge in [0, 0.05) is 11.4 Å². The third-order valence-corrected chi connectivity index (χ3v) is 3.29. The van der Waals surface area contributed by atoms with Crippen molar-refractivity contribution in [2.24, 2.45) is 0 Å². The molecule has 82 valence electrons. The van der Waals surface area contributed by atoms with Gasteiger partial charge in [-0.25, -0.2) is 4.79 Å². The van der Waals surface area contributed by atoms with Gasteiger partial charge in [0.15, 0.2) is 6.04 Å². The minimum atomic E-state index is -0.991. The van der Waals surface area contributed by atoms with E-state index >= 15 is 0 Å². The van der Waals surface area contributed by atoms with Crippen LogP contribution in [0.5, 0.6) is 0 Å². The Balaban J connectivity index is 3.08. The fraction of sp³-hybridized carbons (Fsp3) is 0.400. The largest absolute Gasteiger partial charge is 0.479 e. The average molecular weight is 227 g/mol. The van der Waals surface area contributed by atoms with Crippen molar-refractivity contribution in [1.29, 1.82) is 0 Å². The van der Waals surface area contributed by atoms with Gasteiger partial charge in [0.05, 0.1) is 0 Å². The highest BCUT2D eigenvalue weighted by molar-refractivity contribution is 7.10. The lowest BCUT2D eigenvalue weighted by Crippen LogP contribution is -2.32. The van der Waals surface area contributed by atoms with Gasteiger partial charge in [-0.05, 0) is 30.9 Å². The lowest BCUT2D eigenvalue weighted by Gasteiger charge is -2.23. The molecule has 0 aliphatic heterocycles. The van der Waals surface area contributed by atoms with Gasteiger partial charge in [-0.2, -0.15) is 0 Å². The van der Waals surface area contributed by atoms with E-state index < -0.39 is 12.0 Å². The van der Waals surface area contributed by atoms with Gasteiger partial charge in [0.25, 0.3) is 0 Å². The lowest BCUT2D eigenvalue weighted by molar-refractivity contribution is -0.146. The summed E-state index contributed by atoms with van der Waals surface area (Å²) in [5.41, 5.74) is 0.910. The number of aliphatic carboxylic acids is 1. The summed E-state index contributed by atoms with van der Waals surface area (Å²) in [6.45, 7) is 3.99. The molecule has 0 aliphatic rings. The van der Waals surface area contributed by atoms with Crippen LogP contribution in [0, 0.1) is 6.92 Å². The second-order valence-corrected chi connectivity index (χ2v) is 4.09. The Morgan fingerprint density at radius 1 is 1.73 bits per heavy atom. The molecule has 0 aromatic carbocycles. The second-order valence-electron chi connectivity index (χ2n) is 3.14. The van der Waals surface area contributed by atoms with E-state index in [0.29, 0.717) is 13.0 Å². The molecular formula is C10H13NO3S. The number of carbonyl (C=O) groups excluding carboxylic acids is 1. The minimum absolute atomic E-state index is 0.387. The predicted octanol–water partition coefficient (Wildman–Crippen LogP) is 1.66. The van der Waals surface area contributed by atoms with Crippen LogP contribution in [0.3, 0.4) is 0 Å². The van der Waals surface area contributed by atoms with Crippen LogP contribution in [0.25, 0.3) is 0 Å². The van der Waals surface area contributed by atoms with Gasteiger partial charge >= 0.3 is 5.97 Å². The van der Waals surface area contributed by atoms with Crippen molar-refractivity contribution in [2.45, 2.75) is 19.9 Å². The number of thiophene rings is 1. The molecule has 0 saturated carbocycles. The standard InChI is InChI=1S/C10H13NO3S/c1-3-11(6-12)8(10(13)14)9-7(2)4-5-15-9/h4-6,8H,3H2,1-2H3,(H,13,14). The van der Waals surface area contributed by atoms with Crippen molar-refractivity contribution in [2.75, 3.05) is 6.54 Å². The molecule has 1 heterocycles. The van der Waals surface area contributed by atoms with E-state index in [1.807, 2.05) is 18.4 Å². The molecule has 5 heteroatoms. The molecule has 1 atom stereocenters. The fourth-order valence-corrected chi connectivity index (χ4v) is 2.42. The number of carboxylic acid groups (broad SMARTS) is 1. The van der Waals surface area contributed by atoms with E-state index in [1.165, 1.54) is 16.2 Å². The van der Waals surface area contributed by atoms with E-state index in [2.05, 4.69) is 0 Å². The molecule has 0 spiro atoms. The maximum absolute atomic E-state index is 11.1. The highest BCUT2D eigenvalue weighted by Crippen LogP contribution is 2.28. The van der Waals surface area contributed by atoms with Gasteiger partial charge in [-0.3, -0.25) is 4.79 Å². The summed E-state index contributed by atoms with van der Waals surface area (Å²) in [4.78, 5) is 23.9. The fourth-order valence-electron chi connectivity index (χ4n) is 1.39.